The normalized spacial score (nSPS) is 12.3. The van der Waals surface area contributed by atoms with E-state index in [4.69, 9.17) is 4.42 Å². The van der Waals surface area contributed by atoms with Crippen LogP contribution in [0.15, 0.2) is 46.1 Å². The summed E-state index contributed by atoms with van der Waals surface area (Å²) in [5, 5.41) is 3.54. The van der Waals surface area contributed by atoms with E-state index in [1.807, 2.05) is 0 Å². The first-order valence-electron chi connectivity index (χ1n) is 6.78. The minimum Gasteiger partial charge on any atom is -0.467 e. The lowest BCUT2D eigenvalue weighted by Gasteiger charge is -2.05. The quantitative estimate of drug-likeness (QED) is 0.560. The second kappa shape index (κ2) is 4.91. The van der Waals surface area contributed by atoms with E-state index in [0.29, 0.717) is 5.76 Å². The van der Waals surface area contributed by atoms with Crippen LogP contribution in [0.3, 0.4) is 0 Å². The summed E-state index contributed by atoms with van der Waals surface area (Å²) < 4.78 is 45.7. The second-order valence-corrected chi connectivity index (χ2v) is 5.03. The highest BCUT2D eigenvalue weighted by atomic mass is 19.4. The van der Waals surface area contributed by atoms with Crippen LogP contribution in [0.25, 0.3) is 16.7 Å². The minimum absolute atomic E-state index is 0.134. The summed E-state index contributed by atoms with van der Waals surface area (Å²) in [7, 11) is 0. The Morgan fingerprint density at radius 3 is 2.79 bits per heavy atom. The summed E-state index contributed by atoms with van der Waals surface area (Å²) in [5.74, 6) is -0.953. The number of nitrogens with zero attached hydrogens (tertiary/aromatic N) is 5. The zero-order valence-electron chi connectivity index (χ0n) is 11.9. The third-order valence-corrected chi connectivity index (χ3v) is 3.47. The number of hydrogen-bond donors (Lipinski definition) is 0. The molecule has 122 valence electrons. The third kappa shape index (κ3) is 2.23. The molecule has 4 heterocycles. The third-order valence-electron chi connectivity index (χ3n) is 3.47. The Morgan fingerprint density at radius 2 is 2.08 bits per heavy atom. The van der Waals surface area contributed by atoms with Crippen LogP contribution in [0.1, 0.15) is 11.6 Å². The number of furan rings is 1. The molecule has 0 spiro atoms. The molecule has 0 saturated heterocycles. The van der Waals surface area contributed by atoms with E-state index in [-0.39, 0.29) is 23.2 Å². The van der Waals surface area contributed by atoms with Gasteiger partial charge in [0.15, 0.2) is 0 Å². The Morgan fingerprint density at radius 1 is 1.25 bits per heavy atom. The van der Waals surface area contributed by atoms with Crippen molar-refractivity contribution in [2.45, 2.75) is 12.7 Å². The van der Waals surface area contributed by atoms with Crippen LogP contribution in [0.2, 0.25) is 0 Å². The molecule has 4 rings (SSSR count). The van der Waals surface area contributed by atoms with Gasteiger partial charge in [0.05, 0.1) is 23.7 Å². The molecule has 0 aliphatic rings. The van der Waals surface area contributed by atoms with E-state index in [1.165, 1.54) is 29.3 Å². The first-order chi connectivity index (χ1) is 11.4. The number of hydrogen-bond acceptors (Lipinski definition) is 5. The summed E-state index contributed by atoms with van der Waals surface area (Å²) in [5.41, 5.74) is -0.217. The predicted octanol–water partition coefficient (Wildman–Crippen LogP) is 2.10. The van der Waals surface area contributed by atoms with Crippen molar-refractivity contribution in [3.63, 3.8) is 0 Å². The monoisotopic (exact) mass is 335 g/mol. The molecule has 0 fully saturated rings. The molecular weight excluding hydrogens is 327 g/mol. The summed E-state index contributed by atoms with van der Waals surface area (Å²) in [6, 6.07) is 4.90. The van der Waals surface area contributed by atoms with Gasteiger partial charge in [-0.25, -0.2) is 4.98 Å². The Hall–Kier alpha value is -3.17. The largest absolute Gasteiger partial charge is 0.467 e. The van der Waals surface area contributed by atoms with Gasteiger partial charge >= 0.3 is 6.18 Å². The maximum absolute atomic E-state index is 12.7. The van der Waals surface area contributed by atoms with Crippen molar-refractivity contribution in [1.82, 2.24) is 24.1 Å². The van der Waals surface area contributed by atoms with Gasteiger partial charge in [0.2, 0.25) is 0 Å². The molecule has 0 aliphatic carbocycles. The number of alkyl halides is 3. The van der Waals surface area contributed by atoms with Crippen LogP contribution in [-0.2, 0) is 12.7 Å². The lowest BCUT2D eigenvalue weighted by molar-refractivity contribution is -0.144. The van der Waals surface area contributed by atoms with Crippen LogP contribution in [-0.4, -0.2) is 24.1 Å². The van der Waals surface area contributed by atoms with Gasteiger partial charge in [0.25, 0.3) is 17.2 Å². The Balaban J connectivity index is 1.90. The van der Waals surface area contributed by atoms with E-state index < -0.39 is 17.6 Å². The van der Waals surface area contributed by atoms with Crippen molar-refractivity contribution in [3.8, 4) is 0 Å². The van der Waals surface area contributed by atoms with Crippen LogP contribution in [0.5, 0.6) is 0 Å². The van der Waals surface area contributed by atoms with Crippen molar-refractivity contribution in [1.29, 1.82) is 0 Å². The first kappa shape index (κ1) is 14.4. The van der Waals surface area contributed by atoms with E-state index in [0.717, 1.165) is 4.52 Å². The lowest BCUT2D eigenvalue weighted by Crippen LogP contribution is -2.20. The first-order valence-corrected chi connectivity index (χ1v) is 6.78. The van der Waals surface area contributed by atoms with Crippen LogP contribution in [0, 0.1) is 0 Å². The van der Waals surface area contributed by atoms with E-state index >= 15 is 0 Å². The molecule has 0 unspecified atom stereocenters. The average molecular weight is 335 g/mol. The number of aromatic nitrogens is 5. The molecular formula is C14H8F3N5O2. The topological polar surface area (TPSA) is 78.2 Å². The van der Waals surface area contributed by atoms with Crippen molar-refractivity contribution in [3.05, 3.63) is 58.8 Å². The fourth-order valence-electron chi connectivity index (χ4n) is 2.37. The number of rotatable bonds is 2. The van der Waals surface area contributed by atoms with E-state index in [2.05, 4.69) is 15.1 Å². The van der Waals surface area contributed by atoms with E-state index in [1.54, 1.807) is 12.1 Å². The van der Waals surface area contributed by atoms with Gasteiger partial charge in [-0.2, -0.15) is 22.7 Å². The standard InChI is InChI=1S/C14H8F3N5O2/c15-14(16,17)12-19-13-18-6-9-10(22(13)20-12)3-4-21(11(9)23)7-8-2-1-5-24-8/h1-6H,7H2. The molecule has 0 radical (unpaired) electrons. The molecule has 24 heavy (non-hydrogen) atoms. The molecule has 4 aromatic rings. The van der Waals surface area contributed by atoms with E-state index in [9.17, 15) is 18.0 Å². The van der Waals surface area contributed by atoms with Crippen molar-refractivity contribution >= 4 is 16.7 Å². The summed E-state index contributed by atoms with van der Waals surface area (Å²) in [6.45, 7) is 0.199. The Bertz CT molecular complexity index is 1100. The zero-order chi connectivity index (χ0) is 16.9. The smallest absolute Gasteiger partial charge is 0.453 e. The van der Waals surface area contributed by atoms with Gasteiger partial charge in [-0.15, -0.1) is 5.10 Å². The number of fused-ring (bicyclic) bond motifs is 3. The maximum Gasteiger partial charge on any atom is 0.453 e. The molecule has 0 N–H and O–H groups in total. The molecule has 0 saturated carbocycles. The summed E-state index contributed by atoms with van der Waals surface area (Å²) >= 11 is 0. The van der Waals surface area contributed by atoms with Gasteiger partial charge in [0, 0.05) is 12.4 Å². The summed E-state index contributed by atoms with van der Waals surface area (Å²) in [4.78, 5) is 19.6. The number of halogens is 3. The Kier molecular flexibility index (Phi) is 2.95. The molecule has 0 aliphatic heterocycles. The highest BCUT2D eigenvalue weighted by molar-refractivity contribution is 5.78. The van der Waals surface area contributed by atoms with Gasteiger partial charge in [-0.05, 0) is 18.2 Å². The second-order valence-electron chi connectivity index (χ2n) is 5.03. The van der Waals surface area contributed by atoms with Gasteiger partial charge in [-0.3, -0.25) is 4.79 Å². The fourth-order valence-corrected chi connectivity index (χ4v) is 2.37. The molecule has 7 nitrogen and oxygen atoms in total. The zero-order valence-corrected chi connectivity index (χ0v) is 11.9. The average Bonchev–Trinajstić information content (AvgIpc) is 3.18. The summed E-state index contributed by atoms with van der Waals surface area (Å²) in [6.07, 6.45) is -0.545. The highest BCUT2D eigenvalue weighted by Gasteiger charge is 2.36. The molecule has 0 aromatic carbocycles. The minimum atomic E-state index is -4.69. The lowest BCUT2D eigenvalue weighted by atomic mass is 10.3. The number of pyridine rings is 1. The predicted molar refractivity (Wildman–Crippen MR) is 75.4 cm³/mol. The maximum atomic E-state index is 12.7. The van der Waals surface area contributed by atoms with Crippen molar-refractivity contribution in [2.75, 3.05) is 0 Å². The van der Waals surface area contributed by atoms with Crippen molar-refractivity contribution < 1.29 is 17.6 Å². The van der Waals surface area contributed by atoms with Crippen LogP contribution >= 0.6 is 0 Å². The van der Waals surface area contributed by atoms with Gasteiger partial charge < -0.3 is 8.98 Å². The molecule has 0 bridgehead atoms. The van der Waals surface area contributed by atoms with Crippen LogP contribution < -0.4 is 5.56 Å². The highest BCUT2D eigenvalue weighted by Crippen LogP contribution is 2.26. The Labute approximate surface area is 131 Å². The molecule has 0 atom stereocenters. The SMILES string of the molecule is O=c1c2cnc3nc(C(F)(F)F)nn3c2ccn1Cc1ccco1. The fraction of sp³-hybridized carbons (Fsp3) is 0.143. The van der Waals surface area contributed by atoms with Crippen LogP contribution in [0.4, 0.5) is 13.2 Å². The molecule has 10 heteroatoms. The van der Waals surface area contributed by atoms with Gasteiger partial charge in [-0.1, -0.05) is 0 Å². The van der Waals surface area contributed by atoms with Gasteiger partial charge in [0.1, 0.15) is 5.76 Å². The molecule has 4 aromatic heterocycles. The van der Waals surface area contributed by atoms with Crippen molar-refractivity contribution in [2.24, 2.45) is 0 Å². The molecule has 0 amide bonds.